The van der Waals surface area contributed by atoms with Crippen LogP contribution >= 0.6 is 0 Å². The second-order valence-electron chi connectivity index (χ2n) is 6.73. The summed E-state index contributed by atoms with van der Waals surface area (Å²) >= 11 is 0. The van der Waals surface area contributed by atoms with Gasteiger partial charge in [0.25, 0.3) is 0 Å². The van der Waals surface area contributed by atoms with Crippen LogP contribution in [0.1, 0.15) is 43.9 Å². The minimum Gasteiger partial charge on any atom is -0.496 e. The minimum absolute atomic E-state index is 0.0896. The van der Waals surface area contributed by atoms with Crippen molar-refractivity contribution in [2.75, 3.05) is 33.3 Å². The molecule has 0 bridgehead atoms. The first-order valence-electron chi connectivity index (χ1n) is 8.52. The molecule has 0 aromatic heterocycles. The summed E-state index contributed by atoms with van der Waals surface area (Å²) in [6.45, 7) is 7.93. The van der Waals surface area contributed by atoms with Crippen LogP contribution in [0.25, 0.3) is 0 Å². The van der Waals surface area contributed by atoms with Crippen molar-refractivity contribution in [2.45, 2.75) is 38.9 Å². The summed E-state index contributed by atoms with van der Waals surface area (Å²) in [5.74, 6) is 0.882. The number of nitrogens with one attached hydrogen (secondary N) is 1. The number of nitrogens with zero attached hydrogens (tertiary/aromatic N) is 1. The fourth-order valence-corrected chi connectivity index (χ4v) is 3.18. The number of methoxy groups -OCH3 is 1. The van der Waals surface area contributed by atoms with Gasteiger partial charge in [-0.1, -0.05) is 19.9 Å². The Morgan fingerprint density at radius 2 is 1.83 bits per heavy atom. The van der Waals surface area contributed by atoms with Gasteiger partial charge in [0.15, 0.2) is 0 Å². The van der Waals surface area contributed by atoms with Gasteiger partial charge >= 0.3 is 6.18 Å². The quantitative estimate of drug-likeness (QED) is 0.841. The lowest BCUT2D eigenvalue weighted by Crippen LogP contribution is -2.45. The molecule has 136 valence electrons. The van der Waals surface area contributed by atoms with Crippen LogP contribution in [-0.2, 0) is 6.18 Å². The van der Waals surface area contributed by atoms with E-state index in [2.05, 4.69) is 24.1 Å². The van der Waals surface area contributed by atoms with Crippen molar-refractivity contribution in [3.05, 3.63) is 29.3 Å². The van der Waals surface area contributed by atoms with Crippen molar-refractivity contribution in [2.24, 2.45) is 5.92 Å². The predicted octanol–water partition coefficient (Wildman–Crippen LogP) is 4.10. The molecule has 0 radical (unpaired) electrons. The smallest absolute Gasteiger partial charge is 0.416 e. The van der Waals surface area contributed by atoms with Crippen molar-refractivity contribution in [1.29, 1.82) is 0 Å². The molecule has 0 unspecified atom stereocenters. The number of rotatable bonds is 6. The van der Waals surface area contributed by atoms with Crippen LogP contribution in [0, 0.1) is 5.92 Å². The van der Waals surface area contributed by atoms with Gasteiger partial charge in [0, 0.05) is 37.8 Å². The fourth-order valence-electron chi connectivity index (χ4n) is 3.18. The molecule has 1 aromatic rings. The van der Waals surface area contributed by atoms with Crippen LogP contribution in [0.3, 0.4) is 0 Å². The second-order valence-corrected chi connectivity index (χ2v) is 6.73. The van der Waals surface area contributed by atoms with E-state index in [9.17, 15) is 13.2 Å². The maximum atomic E-state index is 13.0. The molecule has 1 aromatic carbocycles. The summed E-state index contributed by atoms with van der Waals surface area (Å²) < 4.78 is 44.2. The van der Waals surface area contributed by atoms with Gasteiger partial charge in [0.2, 0.25) is 0 Å². The number of piperazine rings is 1. The van der Waals surface area contributed by atoms with Gasteiger partial charge in [-0.3, -0.25) is 4.90 Å². The SMILES string of the molecule is COc1cc(C(F)(F)F)ccc1[C@@H](CCC(C)C)N1CCNCC1. The molecule has 3 nitrogen and oxygen atoms in total. The van der Waals surface area contributed by atoms with Crippen LogP contribution in [0.15, 0.2) is 18.2 Å². The Morgan fingerprint density at radius 3 is 2.38 bits per heavy atom. The average Bonchev–Trinajstić information content (AvgIpc) is 2.55. The largest absolute Gasteiger partial charge is 0.496 e. The average molecular weight is 344 g/mol. The van der Waals surface area contributed by atoms with Crippen molar-refractivity contribution in [1.82, 2.24) is 10.2 Å². The first-order valence-corrected chi connectivity index (χ1v) is 8.52. The maximum Gasteiger partial charge on any atom is 0.416 e. The molecule has 1 aliphatic heterocycles. The van der Waals surface area contributed by atoms with E-state index in [0.29, 0.717) is 11.7 Å². The Kier molecular flexibility index (Phi) is 6.52. The molecule has 1 N–H and O–H groups in total. The van der Waals surface area contributed by atoms with E-state index in [-0.39, 0.29) is 6.04 Å². The fraction of sp³-hybridized carbons (Fsp3) is 0.667. The molecular weight excluding hydrogens is 317 g/mol. The summed E-state index contributed by atoms with van der Waals surface area (Å²) in [6.07, 6.45) is -2.41. The molecule has 1 aliphatic rings. The zero-order valence-electron chi connectivity index (χ0n) is 14.6. The first kappa shape index (κ1) is 19.1. The number of hydrogen-bond donors (Lipinski definition) is 1. The van der Waals surface area contributed by atoms with Gasteiger partial charge in [-0.25, -0.2) is 0 Å². The second kappa shape index (κ2) is 8.21. The van der Waals surface area contributed by atoms with Crippen LogP contribution < -0.4 is 10.1 Å². The standard InChI is InChI=1S/C18H27F3N2O/c1-13(2)4-7-16(23-10-8-22-9-11-23)15-6-5-14(18(19,20)21)12-17(15)24-3/h5-6,12-13,16,22H,4,7-11H2,1-3H3/t16-/m1/s1. The highest BCUT2D eigenvalue weighted by atomic mass is 19.4. The Balaban J connectivity index is 2.32. The van der Waals surface area contributed by atoms with Crippen LogP contribution in [-0.4, -0.2) is 38.2 Å². The monoisotopic (exact) mass is 344 g/mol. The first-order chi connectivity index (χ1) is 11.3. The Labute approximate surface area is 142 Å². The highest BCUT2D eigenvalue weighted by Crippen LogP contribution is 2.38. The van der Waals surface area contributed by atoms with E-state index in [4.69, 9.17) is 4.74 Å². The third-order valence-corrected chi connectivity index (χ3v) is 4.53. The van der Waals surface area contributed by atoms with Crippen LogP contribution in [0.4, 0.5) is 13.2 Å². The zero-order chi connectivity index (χ0) is 17.7. The lowest BCUT2D eigenvalue weighted by Gasteiger charge is -2.36. The maximum absolute atomic E-state index is 13.0. The molecule has 2 rings (SSSR count). The summed E-state index contributed by atoms with van der Waals surface area (Å²) in [4.78, 5) is 2.35. The molecular formula is C18H27F3N2O. The van der Waals surface area contributed by atoms with Crippen molar-refractivity contribution in [3.63, 3.8) is 0 Å². The van der Waals surface area contributed by atoms with E-state index in [1.807, 2.05) is 0 Å². The Hall–Kier alpha value is -1.27. The summed E-state index contributed by atoms with van der Waals surface area (Å²) in [5.41, 5.74) is 0.194. The molecule has 0 saturated carbocycles. The van der Waals surface area contributed by atoms with Gasteiger partial charge in [0.1, 0.15) is 5.75 Å². The molecule has 6 heteroatoms. The molecule has 1 saturated heterocycles. The van der Waals surface area contributed by atoms with Gasteiger partial charge in [0.05, 0.1) is 12.7 Å². The number of hydrogen-bond acceptors (Lipinski definition) is 3. The number of benzene rings is 1. The molecule has 24 heavy (non-hydrogen) atoms. The molecule has 1 heterocycles. The molecule has 0 amide bonds. The van der Waals surface area contributed by atoms with Gasteiger partial charge in [-0.2, -0.15) is 13.2 Å². The van der Waals surface area contributed by atoms with Crippen LogP contribution in [0.2, 0.25) is 0 Å². The summed E-state index contributed by atoms with van der Waals surface area (Å²) in [5, 5.41) is 3.32. The van der Waals surface area contributed by atoms with Crippen molar-refractivity contribution < 1.29 is 17.9 Å². The molecule has 0 aliphatic carbocycles. The van der Waals surface area contributed by atoms with Gasteiger partial charge in [-0.15, -0.1) is 0 Å². The third kappa shape index (κ3) is 4.86. The number of halogens is 3. The normalized spacial score (nSPS) is 18.0. The topological polar surface area (TPSA) is 24.5 Å². The van der Waals surface area contributed by atoms with Crippen LogP contribution in [0.5, 0.6) is 5.75 Å². The highest BCUT2D eigenvalue weighted by molar-refractivity contribution is 5.41. The van der Waals surface area contributed by atoms with Gasteiger partial charge in [-0.05, 0) is 30.9 Å². The molecule has 1 fully saturated rings. The van der Waals surface area contributed by atoms with Crippen molar-refractivity contribution in [3.8, 4) is 5.75 Å². The lowest BCUT2D eigenvalue weighted by atomic mass is 9.94. The molecule has 0 spiro atoms. The predicted molar refractivity (Wildman–Crippen MR) is 89.3 cm³/mol. The zero-order valence-corrected chi connectivity index (χ0v) is 14.6. The number of alkyl halides is 3. The molecule has 1 atom stereocenters. The summed E-state index contributed by atoms with van der Waals surface area (Å²) in [6, 6.07) is 3.98. The Morgan fingerprint density at radius 1 is 1.17 bits per heavy atom. The Bertz CT molecular complexity index is 525. The van der Waals surface area contributed by atoms with E-state index in [1.54, 1.807) is 6.07 Å². The third-order valence-electron chi connectivity index (χ3n) is 4.53. The van der Waals surface area contributed by atoms with Gasteiger partial charge < -0.3 is 10.1 Å². The van der Waals surface area contributed by atoms with E-state index in [1.165, 1.54) is 13.2 Å². The van der Waals surface area contributed by atoms with E-state index in [0.717, 1.165) is 50.7 Å². The minimum atomic E-state index is -4.35. The number of ether oxygens (including phenoxy) is 1. The van der Waals surface area contributed by atoms with E-state index >= 15 is 0 Å². The highest BCUT2D eigenvalue weighted by Gasteiger charge is 2.33. The summed E-state index contributed by atoms with van der Waals surface area (Å²) in [7, 11) is 1.44. The lowest BCUT2D eigenvalue weighted by molar-refractivity contribution is -0.137. The van der Waals surface area contributed by atoms with E-state index < -0.39 is 11.7 Å². The van der Waals surface area contributed by atoms with Crippen molar-refractivity contribution >= 4 is 0 Å².